The van der Waals surface area contributed by atoms with Crippen molar-refractivity contribution in [3.05, 3.63) is 29.6 Å². The Bertz CT molecular complexity index is 227. The average molecular weight is 279 g/mol. The minimum absolute atomic E-state index is 1.04. The van der Waals surface area contributed by atoms with Gasteiger partial charge < -0.3 is 0 Å². The van der Waals surface area contributed by atoms with E-state index in [1.54, 1.807) is 0 Å². The van der Waals surface area contributed by atoms with Gasteiger partial charge in [-0.25, -0.2) is 0 Å². The van der Waals surface area contributed by atoms with Gasteiger partial charge in [-0.3, -0.25) is 4.98 Å². The van der Waals surface area contributed by atoms with E-state index in [1.807, 2.05) is 24.0 Å². The molecule has 0 N–H and O–H groups in total. The highest BCUT2D eigenvalue weighted by Gasteiger charge is 1.96. The fourth-order valence-electron chi connectivity index (χ4n) is 0.805. The molecule has 1 rings (SSSR count). The first-order chi connectivity index (χ1) is 5.34. The number of aromatic nitrogens is 1. The third-order valence-corrected chi connectivity index (χ3v) is 3.39. The Morgan fingerprint density at radius 1 is 1.64 bits per heavy atom. The molecule has 60 valence electrons. The molecular formula is C8H10INS. The molecule has 11 heavy (non-hydrogen) atoms. The summed E-state index contributed by atoms with van der Waals surface area (Å²) in [6, 6.07) is 4.09. The molecule has 0 unspecified atom stereocenters. The highest BCUT2D eigenvalue weighted by Crippen LogP contribution is 2.14. The third kappa shape index (κ3) is 2.99. The summed E-state index contributed by atoms with van der Waals surface area (Å²) in [5.74, 6) is 1.04. The second-order valence-corrected chi connectivity index (χ2v) is 5.01. The zero-order chi connectivity index (χ0) is 8.10. The van der Waals surface area contributed by atoms with Gasteiger partial charge in [-0.1, -0.05) is 28.7 Å². The molecule has 1 aromatic rings. The molecule has 0 radical (unpaired) electrons. The zero-order valence-electron chi connectivity index (χ0n) is 6.38. The number of halogens is 1. The lowest BCUT2D eigenvalue weighted by atomic mass is 10.2. The Kier molecular flexibility index (Phi) is 4.22. The van der Waals surface area contributed by atoms with Crippen molar-refractivity contribution >= 4 is 34.4 Å². The van der Waals surface area contributed by atoms with Crippen LogP contribution in [0.3, 0.4) is 0 Å². The predicted molar refractivity (Wildman–Crippen MR) is 59.2 cm³/mol. The Morgan fingerprint density at radius 3 is 3.09 bits per heavy atom. The Balaban J connectivity index is 2.62. The van der Waals surface area contributed by atoms with E-state index in [0.29, 0.717) is 0 Å². The maximum atomic E-state index is 4.29. The van der Waals surface area contributed by atoms with Crippen molar-refractivity contribution in [1.29, 1.82) is 0 Å². The molecule has 0 aliphatic carbocycles. The summed E-state index contributed by atoms with van der Waals surface area (Å²) in [7, 11) is 0. The van der Waals surface area contributed by atoms with Gasteiger partial charge in [0, 0.05) is 15.7 Å². The largest absolute Gasteiger partial charge is 0.260 e. The van der Waals surface area contributed by atoms with Gasteiger partial charge in [0.15, 0.2) is 0 Å². The Hall–Kier alpha value is 0.230. The van der Waals surface area contributed by atoms with Gasteiger partial charge in [0.05, 0.1) is 5.69 Å². The summed E-state index contributed by atoms with van der Waals surface area (Å²) in [6.07, 6.45) is 1.86. The second kappa shape index (κ2) is 4.98. The molecule has 0 bridgehead atoms. The van der Waals surface area contributed by atoms with Crippen LogP contribution in [0.5, 0.6) is 0 Å². The molecule has 1 aromatic heterocycles. The highest BCUT2D eigenvalue weighted by molar-refractivity contribution is 14.1. The van der Waals surface area contributed by atoms with Gasteiger partial charge in [0.2, 0.25) is 0 Å². The molecule has 0 spiro atoms. The number of hydrogen-bond donors (Lipinski definition) is 0. The number of alkyl halides is 1. The number of nitrogens with zero attached hydrogens (tertiary/aromatic N) is 1. The minimum Gasteiger partial charge on any atom is -0.260 e. The van der Waals surface area contributed by atoms with Crippen LogP contribution in [-0.2, 0) is 5.75 Å². The van der Waals surface area contributed by atoms with Gasteiger partial charge in [0.25, 0.3) is 0 Å². The third-order valence-electron chi connectivity index (χ3n) is 1.43. The van der Waals surface area contributed by atoms with E-state index in [9.17, 15) is 0 Å². The number of rotatable bonds is 3. The first kappa shape index (κ1) is 9.32. The van der Waals surface area contributed by atoms with E-state index in [4.69, 9.17) is 0 Å². The zero-order valence-corrected chi connectivity index (χ0v) is 9.35. The quantitative estimate of drug-likeness (QED) is 0.623. The van der Waals surface area contributed by atoms with E-state index < -0.39 is 0 Å². The van der Waals surface area contributed by atoms with E-state index in [1.165, 1.54) is 11.3 Å². The molecule has 3 heteroatoms. The van der Waals surface area contributed by atoms with Crippen LogP contribution in [0.2, 0.25) is 0 Å². The van der Waals surface area contributed by atoms with Gasteiger partial charge in [-0.2, -0.15) is 0 Å². The summed E-state index contributed by atoms with van der Waals surface area (Å²) >= 11 is 4.26. The Labute approximate surface area is 85.1 Å². The lowest BCUT2D eigenvalue weighted by molar-refractivity contribution is 1.13. The molecule has 0 aliphatic heterocycles. The van der Waals surface area contributed by atoms with Gasteiger partial charge >= 0.3 is 0 Å². The number of aryl methyl sites for hydroxylation is 1. The summed E-state index contributed by atoms with van der Waals surface area (Å²) in [6.45, 7) is 2.11. The van der Waals surface area contributed by atoms with Crippen molar-refractivity contribution in [2.24, 2.45) is 0 Å². The maximum absolute atomic E-state index is 4.29. The fourth-order valence-corrected chi connectivity index (χ4v) is 2.04. The minimum atomic E-state index is 1.04. The van der Waals surface area contributed by atoms with Crippen molar-refractivity contribution in [1.82, 2.24) is 4.98 Å². The molecule has 0 fully saturated rings. The van der Waals surface area contributed by atoms with E-state index in [0.717, 1.165) is 9.51 Å². The van der Waals surface area contributed by atoms with E-state index in [2.05, 4.69) is 40.6 Å². The molecule has 0 atom stereocenters. The standard InChI is InChI=1S/C8H10INS/c1-7-3-2-4-10-8(7)5-11-6-9/h2-4H,5-6H2,1H3. The Morgan fingerprint density at radius 2 is 2.45 bits per heavy atom. The van der Waals surface area contributed by atoms with Crippen LogP contribution in [0.25, 0.3) is 0 Å². The van der Waals surface area contributed by atoms with Crippen molar-refractivity contribution in [3.8, 4) is 0 Å². The van der Waals surface area contributed by atoms with Gasteiger partial charge in [-0.05, 0) is 18.6 Å². The van der Waals surface area contributed by atoms with Crippen LogP contribution < -0.4 is 0 Å². The second-order valence-electron chi connectivity index (χ2n) is 2.22. The fraction of sp³-hybridized carbons (Fsp3) is 0.375. The molecule has 1 nitrogen and oxygen atoms in total. The lowest BCUT2D eigenvalue weighted by Gasteiger charge is -2.00. The SMILES string of the molecule is Cc1cccnc1CSCI. The van der Waals surface area contributed by atoms with Crippen LogP contribution in [0.15, 0.2) is 18.3 Å². The van der Waals surface area contributed by atoms with Crippen LogP contribution in [-0.4, -0.2) is 8.74 Å². The summed E-state index contributed by atoms with van der Waals surface area (Å²) in [5, 5.41) is 0. The van der Waals surface area contributed by atoms with Crippen molar-refractivity contribution < 1.29 is 0 Å². The van der Waals surface area contributed by atoms with Crippen molar-refractivity contribution in [2.75, 3.05) is 3.76 Å². The van der Waals surface area contributed by atoms with Crippen LogP contribution in [0.1, 0.15) is 11.3 Å². The van der Waals surface area contributed by atoms with E-state index in [-0.39, 0.29) is 0 Å². The molecule has 0 aliphatic rings. The monoisotopic (exact) mass is 279 g/mol. The van der Waals surface area contributed by atoms with Crippen LogP contribution in [0, 0.1) is 6.92 Å². The smallest absolute Gasteiger partial charge is 0.0531 e. The molecule has 0 saturated heterocycles. The molecule has 1 heterocycles. The van der Waals surface area contributed by atoms with Crippen molar-refractivity contribution in [2.45, 2.75) is 12.7 Å². The van der Waals surface area contributed by atoms with Crippen LogP contribution in [0.4, 0.5) is 0 Å². The normalized spacial score (nSPS) is 10.0. The number of pyridine rings is 1. The van der Waals surface area contributed by atoms with Crippen LogP contribution >= 0.6 is 34.4 Å². The average Bonchev–Trinajstić information content (AvgIpc) is 2.03. The lowest BCUT2D eigenvalue weighted by Crippen LogP contribution is -1.89. The summed E-state index contributed by atoms with van der Waals surface area (Å²) in [4.78, 5) is 4.29. The van der Waals surface area contributed by atoms with Gasteiger partial charge in [0.1, 0.15) is 0 Å². The number of thioether (sulfide) groups is 1. The van der Waals surface area contributed by atoms with Gasteiger partial charge in [-0.15, -0.1) is 11.8 Å². The predicted octanol–water partition coefficient (Wildman–Crippen LogP) is 3.02. The molecule has 0 aromatic carbocycles. The van der Waals surface area contributed by atoms with Crippen molar-refractivity contribution in [3.63, 3.8) is 0 Å². The number of hydrogen-bond acceptors (Lipinski definition) is 2. The topological polar surface area (TPSA) is 12.9 Å². The first-order valence-corrected chi connectivity index (χ1v) is 6.07. The summed E-state index contributed by atoms with van der Waals surface area (Å²) < 4.78 is 1.13. The maximum Gasteiger partial charge on any atom is 0.0531 e. The summed E-state index contributed by atoms with van der Waals surface area (Å²) in [5.41, 5.74) is 2.51. The molecule has 0 amide bonds. The molecule has 0 saturated carbocycles. The van der Waals surface area contributed by atoms with E-state index >= 15 is 0 Å². The highest BCUT2D eigenvalue weighted by atomic mass is 127. The first-order valence-electron chi connectivity index (χ1n) is 3.39. The molecular weight excluding hydrogens is 269 g/mol.